The Hall–Kier alpha value is -2.71. The Labute approximate surface area is 139 Å². The Morgan fingerprint density at radius 2 is 2.21 bits per heavy atom. The molecule has 5 heteroatoms. The number of halogens is 1. The highest BCUT2D eigenvalue weighted by Crippen LogP contribution is 2.28. The fraction of sp³-hybridized carbons (Fsp3) is 0.263. The van der Waals surface area contributed by atoms with Crippen molar-refractivity contribution in [3.63, 3.8) is 0 Å². The van der Waals surface area contributed by atoms with Crippen LogP contribution in [0.25, 0.3) is 11.0 Å². The standard InChI is InChI=1S/C19H17FN4/c20-16-4-5-17-18(9-16)23-19(22-17)15-6-7-24(12-15)11-14-3-1-2-13(8-14)10-21/h1-5,8-9,15H,6-7,11-12H2,(H,22,23). The summed E-state index contributed by atoms with van der Waals surface area (Å²) in [7, 11) is 0. The smallest absolute Gasteiger partial charge is 0.125 e. The Morgan fingerprint density at radius 1 is 1.29 bits per heavy atom. The second-order valence-electron chi connectivity index (χ2n) is 6.32. The van der Waals surface area contributed by atoms with Crippen LogP contribution in [-0.4, -0.2) is 28.0 Å². The number of likely N-dealkylation sites (tertiary alicyclic amines) is 1. The maximum Gasteiger partial charge on any atom is 0.125 e. The number of rotatable bonds is 3. The lowest BCUT2D eigenvalue weighted by Crippen LogP contribution is -2.20. The van der Waals surface area contributed by atoms with Crippen molar-refractivity contribution in [3.05, 3.63) is 65.2 Å². The molecule has 1 N–H and O–H groups in total. The number of aromatic nitrogens is 2. The SMILES string of the molecule is N#Cc1cccc(CN2CCC(c3nc4ccc(F)cc4[nH]3)C2)c1. The average Bonchev–Trinajstić information content (AvgIpc) is 3.21. The van der Waals surface area contributed by atoms with Gasteiger partial charge < -0.3 is 4.98 Å². The zero-order valence-corrected chi connectivity index (χ0v) is 13.2. The van der Waals surface area contributed by atoms with E-state index in [1.165, 1.54) is 12.1 Å². The highest BCUT2D eigenvalue weighted by Gasteiger charge is 2.26. The maximum absolute atomic E-state index is 13.3. The van der Waals surface area contributed by atoms with Gasteiger partial charge in [0.1, 0.15) is 11.6 Å². The van der Waals surface area contributed by atoms with Crippen LogP contribution in [0.5, 0.6) is 0 Å². The minimum Gasteiger partial charge on any atom is -0.342 e. The molecule has 1 aliphatic rings. The number of fused-ring (bicyclic) bond motifs is 1. The predicted octanol–water partition coefficient (Wildman–Crippen LogP) is 3.56. The van der Waals surface area contributed by atoms with Crippen molar-refractivity contribution in [1.82, 2.24) is 14.9 Å². The molecule has 0 bridgehead atoms. The largest absolute Gasteiger partial charge is 0.342 e. The van der Waals surface area contributed by atoms with Crippen LogP contribution in [0.15, 0.2) is 42.5 Å². The first kappa shape index (κ1) is 14.9. The van der Waals surface area contributed by atoms with Crippen molar-refractivity contribution in [3.8, 4) is 6.07 Å². The minimum absolute atomic E-state index is 0.247. The lowest BCUT2D eigenvalue weighted by molar-refractivity contribution is 0.326. The third kappa shape index (κ3) is 2.89. The number of benzene rings is 2. The Morgan fingerprint density at radius 3 is 3.08 bits per heavy atom. The summed E-state index contributed by atoms with van der Waals surface area (Å²) in [6, 6.07) is 14.6. The van der Waals surface area contributed by atoms with Gasteiger partial charge in [0.05, 0.1) is 22.7 Å². The molecule has 120 valence electrons. The van der Waals surface area contributed by atoms with Gasteiger partial charge in [0, 0.05) is 19.0 Å². The van der Waals surface area contributed by atoms with E-state index in [0.29, 0.717) is 11.5 Å². The van der Waals surface area contributed by atoms with Crippen molar-refractivity contribution in [2.45, 2.75) is 18.9 Å². The molecule has 1 unspecified atom stereocenters. The van der Waals surface area contributed by atoms with E-state index in [4.69, 9.17) is 5.26 Å². The molecule has 1 fully saturated rings. The molecule has 2 heterocycles. The second-order valence-corrected chi connectivity index (χ2v) is 6.32. The van der Waals surface area contributed by atoms with Gasteiger partial charge in [-0.3, -0.25) is 4.90 Å². The van der Waals surface area contributed by atoms with E-state index in [0.717, 1.165) is 48.5 Å². The first-order valence-corrected chi connectivity index (χ1v) is 8.08. The summed E-state index contributed by atoms with van der Waals surface area (Å²) in [6.07, 6.45) is 1.03. The summed E-state index contributed by atoms with van der Waals surface area (Å²) >= 11 is 0. The molecule has 0 amide bonds. The number of hydrogen-bond donors (Lipinski definition) is 1. The number of imidazole rings is 1. The molecule has 1 saturated heterocycles. The van der Waals surface area contributed by atoms with Crippen LogP contribution < -0.4 is 0 Å². The minimum atomic E-state index is -0.247. The number of H-pyrrole nitrogens is 1. The fourth-order valence-electron chi connectivity index (χ4n) is 3.39. The maximum atomic E-state index is 13.3. The van der Waals surface area contributed by atoms with E-state index in [-0.39, 0.29) is 5.82 Å². The van der Waals surface area contributed by atoms with Gasteiger partial charge in [-0.15, -0.1) is 0 Å². The third-order valence-electron chi connectivity index (χ3n) is 4.58. The van der Waals surface area contributed by atoms with Crippen molar-refractivity contribution >= 4 is 11.0 Å². The van der Waals surface area contributed by atoms with Crippen LogP contribution in [0.1, 0.15) is 29.3 Å². The lowest BCUT2D eigenvalue weighted by atomic mass is 10.1. The van der Waals surface area contributed by atoms with Crippen LogP contribution >= 0.6 is 0 Å². The summed E-state index contributed by atoms with van der Waals surface area (Å²) in [5, 5.41) is 9.00. The summed E-state index contributed by atoms with van der Waals surface area (Å²) in [5.41, 5.74) is 3.42. The fourth-order valence-corrected chi connectivity index (χ4v) is 3.39. The van der Waals surface area contributed by atoms with E-state index in [1.807, 2.05) is 18.2 Å². The molecule has 0 radical (unpaired) electrons. The zero-order valence-electron chi connectivity index (χ0n) is 13.2. The Balaban J connectivity index is 1.48. The molecule has 4 rings (SSSR count). The highest BCUT2D eigenvalue weighted by atomic mass is 19.1. The van der Waals surface area contributed by atoms with E-state index in [2.05, 4.69) is 27.0 Å². The Kier molecular flexibility index (Phi) is 3.75. The van der Waals surface area contributed by atoms with Crippen molar-refractivity contribution in [1.29, 1.82) is 5.26 Å². The van der Waals surface area contributed by atoms with E-state index in [9.17, 15) is 4.39 Å². The molecule has 1 aromatic heterocycles. The van der Waals surface area contributed by atoms with Gasteiger partial charge in [-0.05, 0) is 48.9 Å². The van der Waals surface area contributed by atoms with E-state index in [1.54, 1.807) is 6.07 Å². The quantitative estimate of drug-likeness (QED) is 0.803. The van der Waals surface area contributed by atoms with Crippen LogP contribution in [0, 0.1) is 17.1 Å². The third-order valence-corrected chi connectivity index (χ3v) is 4.58. The van der Waals surface area contributed by atoms with Gasteiger partial charge in [0.25, 0.3) is 0 Å². The van der Waals surface area contributed by atoms with Crippen molar-refractivity contribution < 1.29 is 4.39 Å². The molecular formula is C19H17FN4. The zero-order chi connectivity index (χ0) is 16.5. The average molecular weight is 320 g/mol. The molecular weight excluding hydrogens is 303 g/mol. The normalized spacial score (nSPS) is 18.1. The van der Waals surface area contributed by atoms with Crippen molar-refractivity contribution in [2.24, 2.45) is 0 Å². The van der Waals surface area contributed by atoms with Gasteiger partial charge >= 0.3 is 0 Å². The lowest BCUT2D eigenvalue weighted by Gasteiger charge is -2.15. The molecule has 24 heavy (non-hydrogen) atoms. The number of nitriles is 1. The number of hydrogen-bond acceptors (Lipinski definition) is 3. The first-order valence-electron chi connectivity index (χ1n) is 8.08. The molecule has 0 saturated carbocycles. The molecule has 1 atom stereocenters. The van der Waals surface area contributed by atoms with Gasteiger partial charge in [-0.2, -0.15) is 5.26 Å². The number of nitrogens with zero attached hydrogens (tertiary/aromatic N) is 3. The summed E-state index contributed by atoms with van der Waals surface area (Å²) < 4.78 is 13.3. The van der Waals surface area contributed by atoms with Crippen LogP contribution in [0.3, 0.4) is 0 Å². The molecule has 3 aromatic rings. The van der Waals surface area contributed by atoms with E-state index < -0.39 is 0 Å². The number of aromatic amines is 1. The second kappa shape index (κ2) is 6.06. The topological polar surface area (TPSA) is 55.7 Å². The summed E-state index contributed by atoms with van der Waals surface area (Å²) in [6.45, 7) is 2.74. The van der Waals surface area contributed by atoms with Crippen LogP contribution in [-0.2, 0) is 6.54 Å². The molecule has 2 aromatic carbocycles. The van der Waals surface area contributed by atoms with Crippen molar-refractivity contribution in [2.75, 3.05) is 13.1 Å². The van der Waals surface area contributed by atoms with Gasteiger partial charge in [0.15, 0.2) is 0 Å². The monoisotopic (exact) mass is 320 g/mol. The first-order chi connectivity index (χ1) is 11.7. The van der Waals surface area contributed by atoms with Crippen LogP contribution in [0.4, 0.5) is 4.39 Å². The summed E-state index contributed by atoms with van der Waals surface area (Å²) in [4.78, 5) is 10.2. The highest BCUT2D eigenvalue weighted by molar-refractivity contribution is 5.75. The summed E-state index contributed by atoms with van der Waals surface area (Å²) in [5.74, 6) is 1.02. The number of nitrogens with one attached hydrogen (secondary N) is 1. The van der Waals surface area contributed by atoms with Gasteiger partial charge in [0.2, 0.25) is 0 Å². The molecule has 0 spiro atoms. The molecule has 1 aliphatic heterocycles. The predicted molar refractivity (Wildman–Crippen MR) is 89.8 cm³/mol. The van der Waals surface area contributed by atoms with E-state index >= 15 is 0 Å². The Bertz CT molecular complexity index is 925. The molecule has 4 nitrogen and oxygen atoms in total. The van der Waals surface area contributed by atoms with Gasteiger partial charge in [-0.25, -0.2) is 9.37 Å². The van der Waals surface area contributed by atoms with Gasteiger partial charge in [-0.1, -0.05) is 12.1 Å². The van der Waals surface area contributed by atoms with Crippen LogP contribution in [0.2, 0.25) is 0 Å². The molecule has 0 aliphatic carbocycles.